The monoisotopic (exact) mass is 434 g/mol. The molecule has 0 aliphatic heterocycles. The Morgan fingerprint density at radius 2 is 1.06 bits per heavy atom. The normalized spacial score (nSPS) is 11.0. The maximum atomic E-state index is 9.72. The molecule has 0 fully saturated rings. The van der Waals surface area contributed by atoms with Gasteiger partial charge >= 0.3 is 7.12 Å². The third kappa shape index (κ3) is 14.5. The molecule has 0 saturated heterocycles. The van der Waals surface area contributed by atoms with Crippen LogP contribution in [0.3, 0.4) is 0 Å². The van der Waals surface area contributed by atoms with Crippen molar-refractivity contribution in [2.75, 3.05) is 13.2 Å². The van der Waals surface area contributed by atoms with Gasteiger partial charge in [-0.25, -0.2) is 0 Å². The largest absolute Gasteiger partial charge is 0.494 e. The molecule has 1 aromatic rings. The van der Waals surface area contributed by atoms with Crippen LogP contribution in [0.2, 0.25) is 0 Å². The van der Waals surface area contributed by atoms with Gasteiger partial charge in [0.05, 0.1) is 13.2 Å². The minimum absolute atomic E-state index is 0.382. The molecule has 0 saturated carbocycles. The van der Waals surface area contributed by atoms with Crippen molar-refractivity contribution in [1.82, 2.24) is 0 Å². The van der Waals surface area contributed by atoms with Crippen LogP contribution in [0.5, 0.6) is 11.5 Å². The zero-order chi connectivity index (χ0) is 22.6. The van der Waals surface area contributed by atoms with E-state index in [1.165, 1.54) is 83.5 Å². The molecular formula is C26H47BO4. The number of rotatable bonds is 21. The summed E-state index contributed by atoms with van der Waals surface area (Å²) >= 11 is 0. The molecule has 0 spiro atoms. The van der Waals surface area contributed by atoms with Crippen molar-refractivity contribution in [3.63, 3.8) is 0 Å². The summed E-state index contributed by atoms with van der Waals surface area (Å²) in [6.45, 7) is 5.75. The average Bonchev–Trinajstić information content (AvgIpc) is 2.77. The predicted molar refractivity (Wildman–Crippen MR) is 132 cm³/mol. The van der Waals surface area contributed by atoms with Crippen LogP contribution in [0, 0.1) is 0 Å². The van der Waals surface area contributed by atoms with Crippen molar-refractivity contribution in [3.8, 4) is 11.5 Å². The van der Waals surface area contributed by atoms with Gasteiger partial charge in [-0.05, 0) is 31.0 Å². The van der Waals surface area contributed by atoms with Gasteiger partial charge in [0.1, 0.15) is 11.5 Å². The van der Waals surface area contributed by atoms with Gasteiger partial charge in [-0.15, -0.1) is 0 Å². The Morgan fingerprint density at radius 1 is 0.613 bits per heavy atom. The Balaban J connectivity index is 2.22. The van der Waals surface area contributed by atoms with Crippen LogP contribution in [0.15, 0.2) is 18.2 Å². The van der Waals surface area contributed by atoms with Crippen LogP contribution in [-0.2, 0) is 0 Å². The minimum Gasteiger partial charge on any atom is -0.494 e. The highest BCUT2D eigenvalue weighted by Crippen LogP contribution is 2.18. The first-order valence-corrected chi connectivity index (χ1v) is 12.9. The maximum Gasteiger partial charge on any atom is 0.492 e. The van der Waals surface area contributed by atoms with Gasteiger partial charge in [0.15, 0.2) is 0 Å². The molecule has 1 rings (SSSR count). The summed E-state index contributed by atoms with van der Waals surface area (Å²) in [4.78, 5) is 0. The van der Waals surface area contributed by atoms with Gasteiger partial charge in [0, 0.05) is 5.46 Å². The summed E-state index contributed by atoms with van der Waals surface area (Å²) in [5.41, 5.74) is 0.382. The van der Waals surface area contributed by atoms with Gasteiger partial charge in [0.25, 0.3) is 0 Å². The lowest BCUT2D eigenvalue weighted by Crippen LogP contribution is -2.31. The summed E-state index contributed by atoms with van der Waals surface area (Å²) in [6, 6.07) is 5.35. The van der Waals surface area contributed by atoms with Crippen LogP contribution >= 0.6 is 0 Å². The molecule has 0 aromatic heterocycles. The van der Waals surface area contributed by atoms with Crippen molar-refractivity contribution in [2.45, 2.75) is 117 Å². The summed E-state index contributed by atoms with van der Waals surface area (Å²) in [7, 11) is -1.56. The van der Waals surface area contributed by atoms with Gasteiger partial charge in [-0.3, -0.25) is 0 Å². The third-order valence-electron chi connectivity index (χ3n) is 5.78. The van der Waals surface area contributed by atoms with Crippen molar-refractivity contribution in [3.05, 3.63) is 18.2 Å². The van der Waals surface area contributed by atoms with E-state index < -0.39 is 7.12 Å². The molecule has 0 radical (unpaired) electrons. The van der Waals surface area contributed by atoms with E-state index in [-0.39, 0.29) is 0 Å². The molecule has 1 aromatic carbocycles. The topological polar surface area (TPSA) is 58.9 Å². The van der Waals surface area contributed by atoms with E-state index in [4.69, 9.17) is 9.47 Å². The molecule has 0 amide bonds. The summed E-state index contributed by atoms with van der Waals surface area (Å²) in [5.74, 6) is 1.21. The fourth-order valence-corrected chi connectivity index (χ4v) is 3.79. The summed E-state index contributed by atoms with van der Waals surface area (Å²) in [5, 5.41) is 19.4. The van der Waals surface area contributed by atoms with E-state index in [2.05, 4.69) is 13.8 Å². The minimum atomic E-state index is -1.56. The number of ether oxygens (including phenoxy) is 2. The molecule has 0 bridgehead atoms. The molecule has 0 heterocycles. The molecule has 0 aliphatic rings. The molecule has 4 nitrogen and oxygen atoms in total. The zero-order valence-corrected chi connectivity index (χ0v) is 20.2. The Hall–Kier alpha value is -1.20. The number of hydrogen-bond acceptors (Lipinski definition) is 4. The highest BCUT2D eigenvalue weighted by Gasteiger charge is 2.18. The van der Waals surface area contributed by atoms with Crippen LogP contribution in [0.4, 0.5) is 0 Å². The second-order valence-corrected chi connectivity index (χ2v) is 8.72. The Kier molecular flexibility index (Phi) is 17.5. The number of benzene rings is 1. The molecule has 0 aliphatic carbocycles. The number of unbranched alkanes of at least 4 members (excludes halogenated alkanes) is 14. The van der Waals surface area contributed by atoms with E-state index in [0.717, 1.165) is 19.3 Å². The zero-order valence-electron chi connectivity index (χ0n) is 20.2. The molecular weight excluding hydrogens is 387 g/mol. The molecule has 0 unspecified atom stereocenters. The standard InChI is InChI=1S/C26H47BO4/c1-3-5-7-9-11-13-15-17-21-30-24-19-20-26(25(23-24)27(28)29)31-22-18-16-14-12-10-8-6-4-2/h19-20,23,28-29H,3-18,21-22H2,1-2H3. The second kappa shape index (κ2) is 19.5. The smallest absolute Gasteiger partial charge is 0.492 e. The first-order chi connectivity index (χ1) is 15.2. The molecule has 31 heavy (non-hydrogen) atoms. The average molecular weight is 434 g/mol. The third-order valence-corrected chi connectivity index (χ3v) is 5.78. The van der Waals surface area contributed by atoms with E-state index in [1.807, 2.05) is 6.07 Å². The van der Waals surface area contributed by atoms with Crippen molar-refractivity contribution in [2.24, 2.45) is 0 Å². The first-order valence-electron chi connectivity index (χ1n) is 12.9. The SMILES string of the molecule is CCCCCCCCCCOc1ccc(OCCCCCCCCCC)c(B(O)O)c1. The Bertz CT molecular complexity index is 536. The number of hydrogen-bond donors (Lipinski definition) is 2. The van der Waals surface area contributed by atoms with Crippen LogP contribution in [0.1, 0.15) is 117 Å². The van der Waals surface area contributed by atoms with Crippen molar-refractivity contribution >= 4 is 12.6 Å². The lowest BCUT2D eigenvalue weighted by molar-refractivity contribution is 0.296. The highest BCUT2D eigenvalue weighted by molar-refractivity contribution is 6.59. The summed E-state index contributed by atoms with van der Waals surface area (Å²) < 4.78 is 11.6. The lowest BCUT2D eigenvalue weighted by Gasteiger charge is -2.13. The molecule has 2 N–H and O–H groups in total. The fraction of sp³-hybridized carbons (Fsp3) is 0.769. The first kappa shape index (κ1) is 27.8. The quantitative estimate of drug-likeness (QED) is 0.173. The molecule has 5 heteroatoms. The van der Waals surface area contributed by atoms with E-state index in [0.29, 0.717) is 30.2 Å². The fourth-order valence-electron chi connectivity index (χ4n) is 3.79. The Labute approximate surface area is 191 Å². The highest BCUT2D eigenvalue weighted by atomic mass is 16.5. The predicted octanol–water partition coefficient (Wildman–Crippen LogP) is 6.41. The van der Waals surface area contributed by atoms with Crippen LogP contribution in [-0.4, -0.2) is 30.4 Å². The Morgan fingerprint density at radius 3 is 1.55 bits per heavy atom. The van der Waals surface area contributed by atoms with Crippen LogP contribution < -0.4 is 14.9 Å². The van der Waals surface area contributed by atoms with E-state index >= 15 is 0 Å². The molecule has 178 valence electrons. The van der Waals surface area contributed by atoms with Gasteiger partial charge < -0.3 is 19.5 Å². The van der Waals surface area contributed by atoms with E-state index in [1.54, 1.807) is 12.1 Å². The second-order valence-electron chi connectivity index (χ2n) is 8.72. The van der Waals surface area contributed by atoms with Crippen molar-refractivity contribution < 1.29 is 19.5 Å². The van der Waals surface area contributed by atoms with Crippen molar-refractivity contribution in [1.29, 1.82) is 0 Å². The molecule has 0 atom stereocenters. The van der Waals surface area contributed by atoms with Gasteiger partial charge in [-0.1, -0.05) is 104 Å². The lowest BCUT2D eigenvalue weighted by atomic mass is 9.79. The summed E-state index contributed by atoms with van der Waals surface area (Å²) in [6.07, 6.45) is 20.1. The van der Waals surface area contributed by atoms with Gasteiger partial charge in [0.2, 0.25) is 0 Å². The van der Waals surface area contributed by atoms with Gasteiger partial charge in [-0.2, -0.15) is 0 Å². The van der Waals surface area contributed by atoms with Crippen LogP contribution in [0.25, 0.3) is 0 Å². The van der Waals surface area contributed by atoms with E-state index in [9.17, 15) is 10.0 Å². The maximum absolute atomic E-state index is 9.72.